The number of aliphatic hydroxyl groups excluding tert-OH is 1. The largest absolute Gasteiger partial charge is 0.393 e. The first-order valence-electron chi connectivity index (χ1n) is 7.22. The number of rotatable bonds is 0. The van der Waals surface area contributed by atoms with Crippen molar-refractivity contribution in [1.29, 1.82) is 0 Å². The number of hydrogen-bond acceptors (Lipinski definition) is 2. The number of aliphatic hydroxyl groups is 1. The Balaban J connectivity index is 2.01. The Morgan fingerprint density at radius 3 is 2.53 bits per heavy atom. The summed E-state index contributed by atoms with van der Waals surface area (Å²) in [5.41, 5.74) is -0.0951. The maximum Gasteiger partial charge on any atom is 0.0717 e. The smallest absolute Gasteiger partial charge is 0.0717 e. The lowest BCUT2D eigenvalue weighted by Crippen LogP contribution is -2.51. The van der Waals surface area contributed by atoms with Crippen molar-refractivity contribution in [3.63, 3.8) is 0 Å². The van der Waals surface area contributed by atoms with Crippen LogP contribution in [0.25, 0.3) is 0 Å². The van der Waals surface area contributed by atoms with Crippen molar-refractivity contribution in [2.75, 3.05) is 0 Å². The highest BCUT2D eigenvalue weighted by Crippen LogP contribution is 2.58. The summed E-state index contributed by atoms with van der Waals surface area (Å²) in [5.74, 6) is 2.37. The van der Waals surface area contributed by atoms with Crippen LogP contribution >= 0.6 is 0 Å². The Labute approximate surface area is 105 Å². The molecule has 6 atom stereocenters. The molecule has 2 heterocycles. The molecule has 2 bridgehead atoms. The summed E-state index contributed by atoms with van der Waals surface area (Å²) in [6.45, 7) is 9.05. The van der Waals surface area contributed by atoms with Gasteiger partial charge in [0.05, 0.1) is 17.3 Å². The van der Waals surface area contributed by atoms with Crippen molar-refractivity contribution in [2.24, 2.45) is 23.7 Å². The molecule has 0 spiro atoms. The zero-order valence-corrected chi connectivity index (χ0v) is 11.6. The van der Waals surface area contributed by atoms with Crippen molar-refractivity contribution in [1.82, 2.24) is 0 Å². The highest BCUT2D eigenvalue weighted by Gasteiger charge is 2.59. The van der Waals surface area contributed by atoms with Gasteiger partial charge in [0.15, 0.2) is 0 Å². The van der Waals surface area contributed by atoms with Crippen LogP contribution in [-0.4, -0.2) is 22.4 Å². The van der Waals surface area contributed by atoms with E-state index in [2.05, 4.69) is 27.7 Å². The van der Waals surface area contributed by atoms with Crippen LogP contribution in [0, 0.1) is 23.7 Å². The van der Waals surface area contributed by atoms with Crippen molar-refractivity contribution < 1.29 is 9.84 Å². The third-order valence-corrected chi connectivity index (χ3v) is 5.95. The zero-order valence-electron chi connectivity index (χ0n) is 11.6. The van der Waals surface area contributed by atoms with E-state index in [0.29, 0.717) is 23.7 Å². The quantitative estimate of drug-likeness (QED) is 0.703. The Morgan fingerprint density at radius 2 is 1.88 bits per heavy atom. The van der Waals surface area contributed by atoms with Crippen LogP contribution in [0.2, 0.25) is 0 Å². The molecule has 4 rings (SSSR count). The molecule has 0 aromatic heterocycles. The fourth-order valence-electron chi connectivity index (χ4n) is 5.09. The SMILES string of the molecule is CC1C[C@@H](O)C2[C@@H]1C[C@H]1CC[C@]2(C)OC1(C)C. The summed E-state index contributed by atoms with van der Waals surface area (Å²) in [7, 11) is 0. The summed E-state index contributed by atoms with van der Waals surface area (Å²) in [6, 6.07) is 0. The second-order valence-corrected chi connectivity index (χ2v) is 7.46. The standard InChI is InChI=1S/C15H26O2/c1-9-7-12(16)13-11(9)8-10-5-6-15(13,4)17-14(10,2)3/h9-13,16H,5-8H2,1-4H3/t9?,10-,11-,12-,13?,15+/m1/s1. The van der Waals surface area contributed by atoms with Crippen LogP contribution in [0.15, 0.2) is 0 Å². The molecule has 98 valence electrons. The van der Waals surface area contributed by atoms with Crippen LogP contribution in [-0.2, 0) is 4.74 Å². The molecule has 1 N–H and O–H groups in total. The van der Waals surface area contributed by atoms with Gasteiger partial charge in [-0.05, 0) is 64.2 Å². The van der Waals surface area contributed by atoms with Gasteiger partial charge in [0, 0.05) is 5.92 Å². The van der Waals surface area contributed by atoms with E-state index >= 15 is 0 Å². The number of fused-ring (bicyclic) bond motifs is 2. The van der Waals surface area contributed by atoms with Crippen LogP contribution in [0.4, 0.5) is 0 Å². The van der Waals surface area contributed by atoms with Gasteiger partial charge >= 0.3 is 0 Å². The average molecular weight is 238 g/mol. The molecule has 0 radical (unpaired) electrons. The monoisotopic (exact) mass is 238 g/mol. The van der Waals surface area contributed by atoms with Crippen LogP contribution in [0.5, 0.6) is 0 Å². The topological polar surface area (TPSA) is 29.5 Å². The van der Waals surface area contributed by atoms with Crippen molar-refractivity contribution in [3.8, 4) is 0 Å². The van der Waals surface area contributed by atoms with E-state index < -0.39 is 0 Å². The Kier molecular flexibility index (Phi) is 2.45. The van der Waals surface area contributed by atoms with Gasteiger partial charge in [0.25, 0.3) is 0 Å². The molecule has 2 aliphatic heterocycles. The first-order valence-corrected chi connectivity index (χ1v) is 7.22. The fourth-order valence-corrected chi connectivity index (χ4v) is 5.09. The average Bonchev–Trinajstić information content (AvgIpc) is 2.36. The van der Waals surface area contributed by atoms with Crippen LogP contribution in [0.3, 0.4) is 0 Å². The van der Waals surface area contributed by atoms with Crippen molar-refractivity contribution in [3.05, 3.63) is 0 Å². The van der Waals surface area contributed by atoms with E-state index in [9.17, 15) is 5.11 Å². The van der Waals surface area contributed by atoms with Gasteiger partial charge in [0.1, 0.15) is 0 Å². The lowest BCUT2D eigenvalue weighted by Gasteiger charge is -2.48. The van der Waals surface area contributed by atoms with Gasteiger partial charge in [-0.1, -0.05) is 6.92 Å². The molecule has 0 amide bonds. The lowest BCUT2D eigenvalue weighted by atomic mass is 9.77. The third kappa shape index (κ3) is 1.60. The van der Waals surface area contributed by atoms with Gasteiger partial charge in [0.2, 0.25) is 0 Å². The summed E-state index contributed by atoms with van der Waals surface area (Å²) in [5, 5.41) is 10.4. The first kappa shape index (κ1) is 12.0. The van der Waals surface area contributed by atoms with Crippen molar-refractivity contribution >= 4 is 0 Å². The van der Waals surface area contributed by atoms with Crippen LogP contribution in [0.1, 0.15) is 53.4 Å². The molecule has 4 fully saturated rings. The molecular formula is C15H26O2. The minimum atomic E-state index is -0.146. The minimum absolute atomic E-state index is 0.00319. The lowest BCUT2D eigenvalue weighted by molar-refractivity contribution is -0.209. The van der Waals surface area contributed by atoms with Gasteiger partial charge in [-0.3, -0.25) is 0 Å². The van der Waals surface area contributed by atoms with Gasteiger partial charge in [-0.25, -0.2) is 0 Å². The highest BCUT2D eigenvalue weighted by molar-refractivity contribution is 5.08. The molecule has 17 heavy (non-hydrogen) atoms. The predicted octanol–water partition coefficient (Wildman–Crippen LogP) is 2.99. The summed E-state index contributed by atoms with van der Waals surface area (Å²) < 4.78 is 6.46. The molecule has 0 aromatic rings. The summed E-state index contributed by atoms with van der Waals surface area (Å²) in [6.07, 6.45) is 4.49. The Bertz CT molecular complexity index is 325. The maximum absolute atomic E-state index is 10.4. The molecule has 0 aromatic carbocycles. The molecule has 2 saturated heterocycles. The normalized spacial score (nSPS) is 56.6. The summed E-state index contributed by atoms with van der Waals surface area (Å²) in [4.78, 5) is 0. The Morgan fingerprint density at radius 1 is 1.18 bits per heavy atom. The maximum atomic E-state index is 10.4. The molecule has 2 nitrogen and oxygen atoms in total. The second kappa shape index (κ2) is 3.48. The van der Waals surface area contributed by atoms with E-state index in [4.69, 9.17) is 4.74 Å². The Hall–Kier alpha value is -0.0800. The highest BCUT2D eigenvalue weighted by atomic mass is 16.5. The van der Waals surface area contributed by atoms with E-state index in [1.807, 2.05) is 0 Å². The second-order valence-electron chi connectivity index (χ2n) is 7.46. The molecular weight excluding hydrogens is 212 g/mol. The number of hydrogen-bond donors (Lipinski definition) is 1. The van der Waals surface area contributed by atoms with Gasteiger partial charge in [-0.2, -0.15) is 0 Å². The van der Waals surface area contributed by atoms with E-state index in [1.54, 1.807) is 0 Å². The molecule has 2 saturated carbocycles. The van der Waals surface area contributed by atoms with E-state index in [1.165, 1.54) is 12.8 Å². The van der Waals surface area contributed by atoms with E-state index in [0.717, 1.165) is 12.8 Å². The molecule has 2 heteroatoms. The minimum Gasteiger partial charge on any atom is -0.393 e. The third-order valence-electron chi connectivity index (χ3n) is 5.95. The van der Waals surface area contributed by atoms with Gasteiger partial charge in [-0.15, -0.1) is 0 Å². The summed E-state index contributed by atoms with van der Waals surface area (Å²) >= 11 is 0. The first-order chi connectivity index (χ1) is 7.83. The predicted molar refractivity (Wildman–Crippen MR) is 67.7 cm³/mol. The molecule has 2 aliphatic carbocycles. The number of ether oxygens (including phenoxy) is 1. The zero-order chi connectivity index (χ0) is 12.4. The van der Waals surface area contributed by atoms with Crippen LogP contribution < -0.4 is 0 Å². The van der Waals surface area contributed by atoms with E-state index in [-0.39, 0.29) is 17.3 Å². The molecule has 4 aliphatic rings. The fraction of sp³-hybridized carbons (Fsp3) is 1.00. The van der Waals surface area contributed by atoms with Gasteiger partial charge < -0.3 is 9.84 Å². The van der Waals surface area contributed by atoms with Crippen molar-refractivity contribution in [2.45, 2.75) is 70.7 Å². The molecule has 2 unspecified atom stereocenters.